The molecular formula is C19H22FN3O3. The maximum absolute atomic E-state index is 13.4. The molecule has 1 N–H and O–H groups in total. The second-order valence-electron chi connectivity index (χ2n) is 6.23. The van der Waals surface area contributed by atoms with Crippen LogP contribution >= 0.6 is 0 Å². The van der Waals surface area contributed by atoms with Crippen LogP contribution in [-0.2, 0) is 6.54 Å². The molecule has 138 valence electrons. The van der Waals surface area contributed by atoms with Gasteiger partial charge in [0.05, 0.1) is 4.92 Å². The Morgan fingerprint density at radius 1 is 1.23 bits per heavy atom. The van der Waals surface area contributed by atoms with E-state index in [-0.39, 0.29) is 5.69 Å². The summed E-state index contributed by atoms with van der Waals surface area (Å²) in [5.41, 5.74) is 1.01. The smallest absolute Gasteiger partial charge is 0.306 e. The Morgan fingerprint density at radius 3 is 2.42 bits per heavy atom. The van der Waals surface area contributed by atoms with Crippen LogP contribution in [0, 0.1) is 15.9 Å². The average molecular weight is 359 g/mol. The van der Waals surface area contributed by atoms with Gasteiger partial charge in [0.1, 0.15) is 0 Å². The number of nitro benzene ring substituents is 1. The van der Waals surface area contributed by atoms with Crippen LogP contribution in [0.15, 0.2) is 42.5 Å². The fourth-order valence-corrected chi connectivity index (χ4v) is 2.59. The Hall–Kier alpha value is -2.80. The first-order valence-corrected chi connectivity index (χ1v) is 8.40. The summed E-state index contributed by atoms with van der Waals surface area (Å²) in [4.78, 5) is 24.5. The Bertz CT molecular complexity index is 791. The number of nitrogens with one attached hydrogen (secondary N) is 1. The van der Waals surface area contributed by atoms with E-state index in [1.165, 1.54) is 6.07 Å². The zero-order valence-corrected chi connectivity index (χ0v) is 15.0. The first kappa shape index (κ1) is 19.5. The molecule has 0 unspecified atom stereocenters. The molecule has 2 aromatic carbocycles. The van der Waals surface area contributed by atoms with Crippen LogP contribution in [-0.4, -0.2) is 28.3 Å². The van der Waals surface area contributed by atoms with Crippen molar-refractivity contribution < 1.29 is 14.1 Å². The summed E-state index contributed by atoms with van der Waals surface area (Å²) >= 11 is 0. The Kier molecular flexibility index (Phi) is 6.41. The van der Waals surface area contributed by atoms with Gasteiger partial charge in [-0.05, 0) is 50.2 Å². The monoisotopic (exact) mass is 359 g/mol. The zero-order valence-electron chi connectivity index (χ0n) is 15.0. The number of hydrogen-bond donors (Lipinski definition) is 1. The molecule has 26 heavy (non-hydrogen) atoms. The molecule has 7 heteroatoms. The molecule has 2 rings (SSSR count). The molecule has 0 saturated heterocycles. The molecule has 0 aliphatic rings. The van der Waals surface area contributed by atoms with Crippen LogP contribution in [0.2, 0.25) is 0 Å². The van der Waals surface area contributed by atoms with Gasteiger partial charge in [-0.1, -0.05) is 19.1 Å². The van der Waals surface area contributed by atoms with E-state index < -0.39 is 22.3 Å². The number of benzene rings is 2. The number of nitrogens with zero attached hydrogens (tertiary/aromatic N) is 2. The highest BCUT2D eigenvalue weighted by molar-refractivity contribution is 6.04. The van der Waals surface area contributed by atoms with Gasteiger partial charge in [0, 0.05) is 29.9 Å². The molecule has 6 nitrogen and oxygen atoms in total. The third-order valence-electron chi connectivity index (χ3n) is 4.14. The summed E-state index contributed by atoms with van der Waals surface area (Å²) in [7, 11) is 0. The lowest BCUT2D eigenvalue weighted by Gasteiger charge is -2.24. The van der Waals surface area contributed by atoms with Crippen molar-refractivity contribution >= 4 is 17.3 Å². The van der Waals surface area contributed by atoms with E-state index >= 15 is 0 Å². The second kappa shape index (κ2) is 8.53. The molecule has 0 aromatic heterocycles. The molecular weight excluding hydrogens is 337 g/mol. The van der Waals surface area contributed by atoms with E-state index in [0.717, 1.165) is 30.8 Å². The normalized spacial score (nSPS) is 11.0. The van der Waals surface area contributed by atoms with Crippen LogP contribution < -0.4 is 5.32 Å². The van der Waals surface area contributed by atoms with Gasteiger partial charge in [-0.3, -0.25) is 19.8 Å². The molecule has 0 atom stereocenters. The predicted molar refractivity (Wildman–Crippen MR) is 98.7 cm³/mol. The van der Waals surface area contributed by atoms with Crippen molar-refractivity contribution in [2.24, 2.45) is 0 Å². The summed E-state index contributed by atoms with van der Waals surface area (Å²) in [6.45, 7) is 8.09. The Balaban J connectivity index is 2.08. The fourth-order valence-electron chi connectivity index (χ4n) is 2.59. The first-order valence-electron chi connectivity index (χ1n) is 8.40. The van der Waals surface area contributed by atoms with Gasteiger partial charge in [-0.2, -0.15) is 4.39 Å². The van der Waals surface area contributed by atoms with E-state index in [1.54, 1.807) is 12.1 Å². The van der Waals surface area contributed by atoms with Gasteiger partial charge in [-0.15, -0.1) is 0 Å². The number of anilines is 1. The van der Waals surface area contributed by atoms with Crippen LogP contribution in [0.3, 0.4) is 0 Å². The van der Waals surface area contributed by atoms with Gasteiger partial charge >= 0.3 is 5.69 Å². The van der Waals surface area contributed by atoms with E-state index in [2.05, 4.69) is 31.0 Å². The van der Waals surface area contributed by atoms with Gasteiger partial charge in [0.15, 0.2) is 0 Å². The lowest BCUT2D eigenvalue weighted by Crippen LogP contribution is -2.29. The van der Waals surface area contributed by atoms with Crippen LogP contribution in [0.25, 0.3) is 0 Å². The third kappa shape index (κ3) is 4.86. The molecule has 0 spiro atoms. The molecule has 0 aliphatic heterocycles. The highest BCUT2D eigenvalue weighted by atomic mass is 19.1. The predicted octanol–water partition coefficient (Wildman–Crippen LogP) is 4.22. The summed E-state index contributed by atoms with van der Waals surface area (Å²) in [5.74, 6) is -1.35. The molecule has 0 aliphatic carbocycles. The highest BCUT2D eigenvalue weighted by Gasteiger charge is 2.16. The highest BCUT2D eigenvalue weighted by Crippen LogP contribution is 2.22. The summed E-state index contributed by atoms with van der Waals surface area (Å²) in [6.07, 6.45) is 0. The Morgan fingerprint density at radius 2 is 1.88 bits per heavy atom. The minimum absolute atomic E-state index is 0.171. The van der Waals surface area contributed by atoms with E-state index in [1.807, 2.05) is 12.1 Å². The molecule has 0 bridgehead atoms. The number of carbonyl (C=O) groups is 1. The average Bonchev–Trinajstić information content (AvgIpc) is 2.61. The van der Waals surface area contributed by atoms with Crippen molar-refractivity contribution in [2.45, 2.75) is 33.4 Å². The maximum atomic E-state index is 13.4. The SMILES string of the molecule is CCN(Cc1ccc(C(=O)Nc2ccc(F)c([N+](=O)[O-])c2)cc1)C(C)C. The largest absolute Gasteiger partial charge is 0.322 e. The molecule has 0 saturated carbocycles. The molecule has 2 aromatic rings. The molecule has 0 radical (unpaired) electrons. The lowest BCUT2D eigenvalue weighted by atomic mass is 10.1. The van der Waals surface area contributed by atoms with E-state index in [4.69, 9.17) is 0 Å². The number of carbonyl (C=O) groups excluding carboxylic acids is 1. The van der Waals surface area contributed by atoms with Crippen LogP contribution in [0.1, 0.15) is 36.7 Å². The number of amides is 1. The zero-order chi connectivity index (χ0) is 19.3. The van der Waals surface area contributed by atoms with Crippen molar-refractivity contribution in [2.75, 3.05) is 11.9 Å². The minimum atomic E-state index is -0.942. The lowest BCUT2D eigenvalue weighted by molar-refractivity contribution is -0.387. The standard InChI is InChI=1S/C19H22FN3O3/c1-4-22(13(2)3)12-14-5-7-15(8-6-14)19(24)21-16-9-10-17(20)18(11-16)23(25)26/h5-11,13H,4,12H2,1-3H3,(H,21,24). The maximum Gasteiger partial charge on any atom is 0.306 e. The van der Waals surface area contributed by atoms with Gasteiger partial charge in [0.25, 0.3) is 5.91 Å². The Labute approximate surface area is 151 Å². The van der Waals surface area contributed by atoms with Gasteiger partial charge < -0.3 is 5.32 Å². The number of hydrogen-bond acceptors (Lipinski definition) is 4. The fraction of sp³-hybridized carbons (Fsp3) is 0.316. The topological polar surface area (TPSA) is 75.5 Å². The molecule has 1 amide bonds. The van der Waals surface area contributed by atoms with Crippen molar-refractivity contribution in [3.63, 3.8) is 0 Å². The van der Waals surface area contributed by atoms with Crippen molar-refractivity contribution in [1.29, 1.82) is 0 Å². The van der Waals surface area contributed by atoms with Crippen LogP contribution in [0.4, 0.5) is 15.8 Å². The summed E-state index contributed by atoms with van der Waals surface area (Å²) in [6, 6.07) is 10.9. The summed E-state index contributed by atoms with van der Waals surface area (Å²) in [5, 5.41) is 13.3. The minimum Gasteiger partial charge on any atom is -0.322 e. The van der Waals surface area contributed by atoms with E-state index in [9.17, 15) is 19.3 Å². The van der Waals surface area contributed by atoms with Gasteiger partial charge in [0.2, 0.25) is 5.82 Å². The first-order chi connectivity index (χ1) is 12.3. The van der Waals surface area contributed by atoms with Crippen molar-refractivity contribution in [3.8, 4) is 0 Å². The van der Waals surface area contributed by atoms with Gasteiger partial charge in [-0.25, -0.2) is 0 Å². The quantitative estimate of drug-likeness (QED) is 0.593. The number of rotatable bonds is 7. The molecule has 0 heterocycles. The third-order valence-corrected chi connectivity index (χ3v) is 4.14. The number of halogens is 1. The second-order valence-corrected chi connectivity index (χ2v) is 6.23. The van der Waals surface area contributed by atoms with Crippen LogP contribution in [0.5, 0.6) is 0 Å². The molecule has 0 fully saturated rings. The van der Waals surface area contributed by atoms with Crippen molar-refractivity contribution in [3.05, 3.63) is 69.5 Å². The van der Waals surface area contributed by atoms with Crippen molar-refractivity contribution in [1.82, 2.24) is 4.90 Å². The van der Waals surface area contributed by atoms with E-state index in [0.29, 0.717) is 11.6 Å². The number of nitro groups is 1. The summed E-state index contributed by atoms with van der Waals surface area (Å²) < 4.78 is 13.4.